The Morgan fingerprint density at radius 1 is 0.870 bits per heavy atom. The highest BCUT2D eigenvalue weighted by molar-refractivity contribution is 5.70. The zero-order chi connectivity index (χ0) is 32.6. The van der Waals surface area contributed by atoms with Gasteiger partial charge in [-0.2, -0.15) is 0 Å². The predicted octanol–water partition coefficient (Wildman–Crippen LogP) is 5.58. The summed E-state index contributed by atoms with van der Waals surface area (Å²) in [6.07, 6.45) is 9.81. The summed E-state index contributed by atoms with van der Waals surface area (Å²) in [4.78, 5) is 45.4. The van der Waals surface area contributed by atoms with Crippen molar-refractivity contribution >= 4 is 24.3 Å². The molecule has 2 amide bonds. The summed E-state index contributed by atoms with van der Waals surface area (Å²) in [5.41, 5.74) is 1.76. The lowest BCUT2D eigenvalue weighted by atomic mass is 10.0. The Balaban J connectivity index is 1.11. The van der Waals surface area contributed by atoms with Gasteiger partial charge in [0.25, 0.3) is 0 Å². The maximum atomic E-state index is 12.8. The van der Waals surface area contributed by atoms with E-state index in [4.69, 9.17) is 14.5 Å². The maximum absolute atomic E-state index is 12.8. The molecule has 0 bridgehead atoms. The van der Waals surface area contributed by atoms with E-state index in [2.05, 4.69) is 38.9 Å². The molecule has 2 N–H and O–H groups in total. The monoisotopic (exact) mass is 624 g/mol. The number of carbonyl (C=O) groups is 2. The standard InChI is InChI=1S/C36H44N6O4/c1-35(2,3)45-33(43)41-19-7-9-29(41)31-37-22-28(40-31)25-16-13-23(14-17-25)11-12-24-15-18-26-27(21-24)39-32(38-26)30-10-8-20-42(30)34(44)46-36(4,5)6/h13-14,16-18,21-22,24,29-30H,7-10,15,19-20H2,1-6H3,(H,37,40)(H,38,39)/t24?,29-,30-/m0/s1. The van der Waals surface area contributed by atoms with E-state index < -0.39 is 11.2 Å². The summed E-state index contributed by atoms with van der Waals surface area (Å²) in [7, 11) is 0. The first-order chi connectivity index (χ1) is 21.8. The molecular weight excluding hydrogens is 580 g/mol. The van der Waals surface area contributed by atoms with Gasteiger partial charge in [-0.3, -0.25) is 9.80 Å². The third kappa shape index (κ3) is 7.14. The van der Waals surface area contributed by atoms with E-state index in [1.807, 2.05) is 72.0 Å². The van der Waals surface area contributed by atoms with Gasteiger partial charge in [0.1, 0.15) is 22.9 Å². The van der Waals surface area contributed by atoms with Crippen molar-refractivity contribution in [2.45, 2.75) is 96.9 Å². The highest BCUT2D eigenvalue weighted by atomic mass is 16.6. The molecule has 1 unspecified atom stereocenters. The Kier molecular flexibility index (Phi) is 8.45. The van der Waals surface area contributed by atoms with Crippen molar-refractivity contribution in [3.05, 3.63) is 58.4 Å². The van der Waals surface area contributed by atoms with Gasteiger partial charge in [0.05, 0.1) is 34.7 Å². The lowest BCUT2D eigenvalue weighted by molar-refractivity contribution is 0.0208. The van der Waals surface area contributed by atoms with Crippen molar-refractivity contribution in [3.63, 3.8) is 0 Å². The van der Waals surface area contributed by atoms with Crippen LogP contribution in [-0.2, 0) is 9.47 Å². The van der Waals surface area contributed by atoms with E-state index in [1.165, 1.54) is 0 Å². The Bertz CT molecular complexity index is 1780. The van der Waals surface area contributed by atoms with E-state index in [9.17, 15) is 9.59 Å². The number of nitrogens with one attached hydrogen (secondary N) is 2. The quantitative estimate of drug-likeness (QED) is 0.368. The second-order valence-electron chi connectivity index (χ2n) is 14.3. The number of hydrogen-bond donors (Lipinski definition) is 2. The number of rotatable bonds is 3. The van der Waals surface area contributed by atoms with Crippen LogP contribution in [0.25, 0.3) is 23.4 Å². The first-order valence-corrected chi connectivity index (χ1v) is 16.3. The summed E-state index contributed by atoms with van der Waals surface area (Å²) in [6, 6.07) is 7.88. The normalized spacial score (nSPS) is 21.1. The van der Waals surface area contributed by atoms with Crippen LogP contribution in [0.2, 0.25) is 0 Å². The molecule has 2 aliphatic heterocycles. The fraction of sp³-hybridized carbons (Fsp3) is 0.500. The Morgan fingerprint density at radius 3 is 2.09 bits per heavy atom. The van der Waals surface area contributed by atoms with E-state index >= 15 is 0 Å². The molecule has 2 saturated heterocycles. The van der Waals surface area contributed by atoms with Gasteiger partial charge in [0, 0.05) is 24.6 Å². The minimum atomic E-state index is -0.538. The SMILES string of the molecule is CC(C)(C)OC(=O)N1CCC[C@H]1c1ncc(-c2ccc(C#CC3C=c4[nH]c([C@@H]5CCCN5C(=O)OC(C)(C)C)nc4=CC3)cc2)[nH]1. The molecule has 4 heterocycles. The number of fused-ring (bicyclic) bond motifs is 1. The molecule has 6 rings (SSSR count). The largest absolute Gasteiger partial charge is 0.444 e. The number of benzene rings is 1. The third-order valence-electron chi connectivity index (χ3n) is 8.30. The Hall–Kier alpha value is -4.52. The molecule has 0 spiro atoms. The molecule has 3 aliphatic rings. The zero-order valence-corrected chi connectivity index (χ0v) is 27.6. The molecule has 10 heteroatoms. The molecule has 0 radical (unpaired) electrons. The summed E-state index contributed by atoms with van der Waals surface area (Å²) < 4.78 is 11.3. The number of aromatic nitrogens is 4. The molecule has 3 aromatic rings. The lowest BCUT2D eigenvalue weighted by Gasteiger charge is -2.27. The van der Waals surface area contributed by atoms with Gasteiger partial charge < -0.3 is 19.4 Å². The minimum Gasteiger partial charge on any atom is -0.444 e. The average molecular weight is 625 g/mol. The Labute approximate surface area is 270 Å². The summed E-state index contributed by atoms with van der Waals surface area (Å²) in [6.45, 7) is 12.6. The smallest absolute Gasteiger partial charge is 0.410 e. The van der Waals surface area contributed by atoms with Crippen molar-refractivity contribution in [2.75, 3.05) is 13.1 Å². The summed E-state index contributed by atoms with van der Waals surface area (Å²) in [5, 5.41) is 1.87. The summed E-state index contributed by atoms with van der Waals surface area (Å²) in [5.74, 6) is 8.37. The summed E-state index contributed by atoms with van der Waals surface area (Å²) >= 11 is 0. The van der Waals surface area contributed by atoms with Gasteiger partial charge in [-0.05, 0) is 97.4 Å². The molecule has 1 aromatic carbocycles. The van der Waals surface area contributed by atoms with Crippen LogP contribution < -0.4 is 10.7 Å². The van der Waals surface area contributed by atoms with Crippen LogP contribution in [0.5, 0.6) is 0 Å². The number of amides is 2. The van der Waals surface area contributed by atoms with E-state index in [0.29, 0.717) is 13.1 Å². The molecule has 242 valence electrons. The molecule has 2 fully saturated rings. The van der Waals surface area contributed by atoms with Crippen molar-refractivity contribution in [2.24, 2.45) is 5.92 Å². The van der Waals surface area contributed by atoms with Crippen LogP contribution in [0, 0.1) is 17.8 Å². The zero-order valence-electron chi connectivity index (χ0n) is 27.6. The van der Waals surface area contributed by atoms with Crippen LogP contribution in [0.1, 0.15) is 103 Å². The van der Waals surface area contributed by atoms with Crippen molar-refractivity contribution in [1.82, 2.24) is 29.7 Å². The van der Waals surface area contributed by atoms with E-state index in [1.54, 1.807) is 9.80 Å². The van der Waals surface area contributed by atoms with Crippen LogP contribution in [0.4, 0.5) is 9.59 Å². The van der Waals surface area contributed by atoms with Crippen molar-refractivity contribution < 1.29 is 19.1 Å². The van der Waals surface area contributed by atoms with Gasteiger partial charge in [-0.15, -0.1) is 0 Å². The topological polar surface area (TPSA) is 116 Å². The molecular formula is C36H44N6O4. The number of H-pyrrole nitrogens is 2. The van der Waals surface area contributed by atoms with E-state index in [0.717, 1.165) is 71.3 Å². The number of hydrogen-bond acceptors (Lipinski definition) is 6. The fourth-order valence-electron chi connectivity index (χ4n) is 6.21. The van der Waals surface area contributed by atoms with Gasteiger partial charge in [0.2, 0.25) is 0 Å². The molecule has 3 atom stereocenters. The molecule has 10 nitrogen and oxygen atoms in total. The van der Waals surface area contributed by atoms with Gasteiger partial charge in [-0.25, -0.2) is 19.6 Å². The number of ether oxygens (including phenoxy) is 2. The molecule has 46 heavy (non-hydrogen) atoms. The van der Waals surface area contributed by atoms with Crippen LogP contribution in [0.3, 0.4) is 0 Å². The first-order valence-electron chi connectivity index (χ1n) is 16.3. The second-order valence-corrected chi connectivity index (χ2v) is 14.3. The average Bonchev–Trinajstić information content (AvgIpc) is 3.79. The maximum Gasteiger partial charge on any atom is 0.410 e. The highest BCUT2D eigenvalue weighted by Crippen LogP contribution is 2.33. The number of imidazole rings is 2. The number of likely N-dealkylation sites (tertiary alicyclic amines) is 2. The fourth-order valence-corrected chi connectivity index (χ4v) is 6.21. The predicted molar refractivity (Wildman–Crippen MR) is 176 cm³/mol. The van der Waals surface area contributed by atoms with Crippen molar-refractivity contribution in [3.8, 4) is 23.1 Å². The van der Waals surface area contributed by atoms with Crippen LogP contribution in [0.15, 0.2) is 30.5 Å². The first kappa shape index (κ1) is 31.5. The number of nitrogens with zero attached hydrogens (tertiary/aromatic N) is 4. The van der Waals surface area contributed by atoms with Gasteiger partial charge in [0.15, 0.2) is 0 Å². The molecule has 0 saturated carbocycles. The van der Waals surface area contributed by atoms with Crippen molar-refractivity contribution in [1.29, 1.82) is 0 Å². The molecule has 1 aliphatic carbocycles. The highest BCUT2D eigenvalue weighted by Gasteiger charge is 2.36. The van der Waals surface area contributed by atoms with E-state index in [-0.39, 0.29) is 30.2 Å². The lowest BCUT2D eigenvalue weighted by Crippen LogP contribution is -2.36. The second kappa shape index (κ2) is 12.3. The Morgan fingerprint density at radius 2 is 1.48 bits per heavy atom. The molecule has 2 aromatic heterocycles. The number of carbonyl (C=O) groups excluding carboxylic acids is 2. The van der Waals surface area contributed by atoms with Crippen LogP contribution in [-0.4, -0.2) is 66.2 Å². The number of aromatic amines is 2. The van der Waals surface area contributed by atoms with Gasteiger partial charge in [-0.1, -0.05) is 30.0 Å². The third-order valence-corrected chi connectivity index (χ3v) is 8.30. The van der Waals surface area contributed by atoms with Crippen LogP contribution >= 0.6 is 0 Å². The van der Waals surface area contributed by atoms with Gasteiger partial charge >= 0.3 is 12.2 Å². The minimum absolute atomic E-state index is 0.0560.